The number of carbonyl (C=O) groups excluding carboxylic acids is 1. The molecule has 1 unspecified atom stereocenters. The number of aromatic nitrogens is 2. The number of carbonyl (C=O) groups is 1. The molecular weight excluding hydrogens is 397 g/mol. The topological polar surface area (TPSA) is 64.5 Å². The molecule has 0 saturated carbocycles. The molecule has 1 amide bonds. The Bertz CT molecular complexity index is 1030. The number of rotatable bonds is 5. The fourth-order valence-corrected chi connectivity index (χ4v) is 3.35. The van der Waals surface area contributed by atoms with Gasteiger partial charge in [0.15, 0.2) is 0 Å². The van der Waals surface area contributed by atoms with Crippen molar-refractivity contribution in [2.45, 2.75) is 12.6 Å². The molecule has 0 spiro atoms. The molecule has 6 nitrogen and oxygen atoms in total. The second-order valence-corrected chi connectivity index (χ2v) is 6.93. The van der Waals surface area contributed by atoms with Gasteiger partial charge in [-0.1, -0.05) is 29.8 Å². The van der Waals surface area contributed by atoms with Crippen molar-refractivity contribution in [2.75, 3.05) is 13.2 Å². The van der Waals surface area contributed by atoms with Gasteiger partial charge in [-0.25, -0.2) is 4.39 Å². The van der Waals surface area contributed by atoms with Crippen molar-refractivity contribution in [1.29, 1.82) is 0 Å². The van der Waals surface area contributed by atoms with Gasteiger partial charge >= 0.3 is 0 Å². The van der Waals surface area contributed by atoms with Crippen molar-refractivity contribution in [3.05, 3.63) is 83.2 Å². The van der Waals surface area contributed by atoms with Crippen molar-refractivity contribution in [2.24, 2.45) is 0 Å². The molecule has 4 rings (SSSR count). The predicted octanol–water partition coefficient (Wildman–Crippen LogP) is 4.16. The molecule has 148 valence electrons. The number of halogens is 2. The van der Waals surface area contributed by atoms with Gasteiger partial charge in [0.2, 0.25) is 5.91 Å². The molecule has 0 N–H and O–H groups in total. The van der Waals surface area contributed by atoms with E-state index in [0.717, 1.165) is 0 Å². The average molecular weight is 414 g/mol. The van der Waals surface area contributed by atoms with E-state index in [2.05, 4.69) is 9.97 Å². The summed E-state index contributed by atoms with van der Waals surface area (Å²) in [5.41, 5.74) is 1.08. The Balaban J connectivity index is 1.66. The number of ether oxygens (including phenoxy) is 2. The average Bonchev–Trinajstić information content (AvgIpc) is 2.72. The van der Waals surface area contributed by atoms with Crippen LogP contribution in [0.15, 0.2) is 61.2 Å². The molecule has 1 atom stereocenters. The van der Waals surface area contributed by atoms with Crippen molar-refractivity contribution in [1.82, 2.24) is 14.9 Å². The van der Waals surface area contributed by atoms with Crippen LogP contribution in [0.25, 0.3) is 0 Å². The number of hydrogen-bond acceptors (Lipinski definition) is 5. The first-order valence-electron chi connectivity index (χ1n) is 8.95. The zero-order chi connectivity index (χ0) is 20.2. The summed E-state index contributed by atoms with van der Waals surface area (Å²) in [6, 6.07) is 9.24. The minimum Gasteiger partial charge on any atom is -0.455 e. The Labute approximate surface area is 171 Å². The Morgan fingerprint density at radius 3 is 2.90 bits per heavy atom. The lowest BCUT2D eigenvalue weighted by molar-refractivity contribution is -0.149. The van der Waals surface area contributed by atoms with Gasteiger partial charge in [0.25, 0.3) is 0 Å². The number of benzene rings is 1. The van der Waals surface area contributed by atoms with E-state index in [1.807, 2.05) is 0 Å². The normalized spacial score (nSPS) is 16.7. The third kappa shape index (κ3) is 4.36. The van der Waals surface area contributed by atoms with E-state index in [1.165, 1.54) is 18.5 Å². The van der Waals surface area contributed by atoms with Gasteiger partial charge in [-0.15, -0.1) is 0 Å². The van der Waals surface area contributed by atoms with Crippen LogP contribution in [-0.2, 0) is 16.1 Å². The summed E-state index contributed by atoms with van der Waals surface area (Å²) in [5.74, 6) is 0.349. The molecular formula is C21H17ClFN3O3. The summed E-state index contributed by atoms with van der Waals surface area (Å²) in [6.07, 6.45) is 6.25. The van der Waals surface area contributed by atoms with Crippen LogP contribution in [0.4, 0.5) is 4.39 Å². The maximum absolute atomic E-state index is 14.2. The highest BCUT2D eigenvalue weighted by molar-refractivity contribution is 6.30. The van der Waals surface area contributed by atoms with Crippen LogP contribution in [0.3, 0.4) is 0 Å². The Morgan fingerprint density at radius 2 is 2.07 bits per heavy atom. The van der Waals surface area contributed by atoms with Gasteiger partial charge in [-0.05, 0) is 12.1 Å². The van der Waals surface area contributed by atoms with E-state index in [0.29, 0.717) is 27.6 Å². The molecule has 1 aliphatic heterocycles. The number of pyridine rings is 2. The lowest BCUT2D eigenvalue weighted by atomic mass is 10.0. The molecule has 0 radical (unpaired) electrons. The van der Waals surface area contributed by atoms with Crippen LogP contribution in [-0.4, -0.2) is 34.0 Å². The van der Waals surface area contributed by atoms with E-state index in [-0.39, 0.29) is 31.5 Å². The van der Waals surface area contributed by atoms with Gasteiger partial charge in [0.1, 0.15) is 23.9 Å². The van der Waals surface area contributed by atoms with Gasteiger partial charge in [0, 0.05) is 42.3 Å². The van der Waals surface area contributed by atoms with E-state index in [9.17, 15) is 9.18 Å². The lowest BCUT2D eigenvalue weighted by Crippen LogP contribution is -2.43. The van der Waals surface area contributed by atoms with E-state index >= 15 is 0 Å². The summed E-state index contributed by atoms with van der Waals surface area (Å²) in [6.45, 7) is 0.308. The van der Waals surface area contributed by atoms with Crippen molar-refractivity contribution in [3.63, 3.8) is 0 Å². The van der Waals surface area contributed by atoms with Crippen molar-refractivity contribution >= 4 is 17.5 Å². The molecule has 1 fully saturated rings. The van der Waals surface area contributed by atoms with Gasteiger partial charge in [-0.2, -0.15) is 0 Å². The molecule has 0 bridgehead atoms. The summed E-state index contributed by atoms with van der Waals surface area (Å²) in [5, 5.41) is 0.440. The highest BCUT2D eigenvalue weighted by Gasteiger charge is 2.32. The minimum atomic E-state index is -0.480. The smallest absolute Gasteiger partial charge is 0.249 e. The minimum absolute atomic E-state index is 0.0559. The van der Waals surface area contributed by atoms with Crippen LogP contribution in [0.1, 0.15) is 17.2 Å². The largest absolute Gasteiger partial charge is 0.455 e. The number of nitrogens with zero attached hydrogens (tertiary/aromatic N) is 3. The highest BCUT2D eigenvalue weighted by atomic mass is 35.5. The molecule has 29 heavy (non-hydrogen) atoms. The van der Waals surface area contributed by atoms with Gasteiger partial charge in [-0.3, -0.25) is 14.8 Å². The van der Waals surface area contributed by atoms with Crippen LogP contribution >= 0.6 is 11.6 Å². The first kappa shape index (κ1) is 19.3. The van der Waals surface area contributed by atoms with Crippen LogP contribution in [0, 0.1) is 5.82 Å². The maximum Gasteiger partial charge on any atom is 0.249 e. The Morgan fingerprint density at radius 1 is 1.21 bits per heavy atom. The fourth-order valence-electron chi connectivity index (χ4n) is 3.18. The zero-order valence-corrected chi connectivity index (χ0v) is 16.1. The first-order valence-corrected chi connectivity index (χ1v) is 9.32. The van der Waals surface area contributed by atoms with Gasteiger partial charge < -0.3 is 14.4 Å². The van der Waals surface area contributed by atoms with E-state index in [1.54, 1.807) is 47.6 Å². The Kier molecular flexibility index (Phi) is 5.69. The SMILES string of the molecule is O=C1COCC(c2cnccc2Oc2cncc(Cl)c2)N1Cc1ccccc1F. The number of amides is 1. The summed E-state index contributed by atoms with van der Waals surface area (Å²) >= 11 is 5.98. The molecule has 3 heterocycles. The van der Waals surface area contributed by atoms with Crippen LogP contribution in [0.5, 0.6) is 11.5 Å². The molecule has 0 aliphatic carbocycles. The molecule has 1 saturated heterocycles. The molecule has 2 aromatic heterocycles. The third-order valence-corrected chi connectivity index (χ3v) is 4.78. The second-order valence-electron chi connectivity index (χ2n) is 6.50. The zero-order valence-electron chi connectivity index (χ0n) is 15.3. The third-order valence-electron chi connectivity index (χ3n) is 4.57. The van der Waals surface area contributed by atoms with Crippen molar-refractivity contribution < 1.29 is 18.7 Å². The predicted molar refractivity (Wildman–Crippen MR) is 104 cm³/mol. The van der Waals surface area contributed by atoms with Crippen LogP contribution < -0.4 is 4.74 Å². The van der Waals surface area contributed by atoms with Gasteiger partial charge in [0.05, 0.1) is 23.9 Å². The number of morpholine rings is 1. The molecule has 1 aromatic carbocycles. The van der Waals surface area contributed by atoms with Crippen molar-refractivity contribution in [3.8, 4) is 11.5 Å². The highest BCUT2D eigenvalue weighted by Crippen LogP contribution is 2.35. The summed E-state index contributed by atoms with van der Waals surface area (Å²) in [4.78, 5) is 22.4. The molecule has 8 heteroatoms. The second kappa shape index (κ2) is 8.55. The monoisotopic (exact) mass is 413 g/mol. The van der Waals surface area contributed by atoms with Crippen LogP contribution in [0.2, 0.25) is 5.02 Å². The summed E-state index contributed by atoms with van der Waals surface area (Å²) in [7, 11) is 0. The fraction of sp³-hybridized carbons (Fsp3) is 0.190. The first-order chi connectivity index (χ1) is 14.1. The van der Waals surface area contributed by atoms with E-state index in [4.69, 9.17) is 21.1 Å². The Hall–Kier alpha value is -3.03. The standard InChI is InChI=1S/C21H17ClFN3O3/c22-15-7-16(9-25-8-15)29-20-5-6-24-10-17(20)19-12-28-13-21(27)26(19)11-14-3-1-2-4-18(14)23/h1-10,19H,11-13H2. The number of hydrogen-bond donors (Lipinski definition) is 0. The van der Waals surface area contributed by atoms with E-state index < -0.39 is 6.04 Å². The molecule has 3 aromatic rings. The maximum atomic E-state index is 14.2. The quantitative estimate of drug-likeness (QED) is 0.628. The lowest BCUT2D eigenvalue weighted by Gasteiger charge is -2.36. The summed E-state index contributed by atoms with van der Waals surface area (Å²) < 4.78 is 25.6. The molecule has 1 aliphatic rings.